The Bertz CT molecular complexity index is 1610. The first kappa shape index (κ1) is 27.5. The zero-order valence-corrected chi connectivity index (χ0v) is 25.2. The van der Waals surface area contributed by atoms with Crippen molar-refractivity contribution in [3.05, 3.63) is 130 Å². The topological polar surface area (TPSA) is 17.8 Å². The largest absolute Gasteiger partial charge is 0.242 e. The second-order valence-electron chi connectivity index (χ2n) is 11.5. The van der Waals surface area contributed by atoms with Gasteiger partial charge in [0.2, 0.25) is 6.71 Å². The highest BCUT2D eigenvalue weighted by Gasteiger charge is 2.28. The SMILES string of the molecule is C=Cc1cc(C)c(-c2ccnn2-c2ccc(B(c3c(C)cc(C)cc3C)c3c(C)cc(C)cc3C)cc2)c(C)c1. The zero-order valence-electron chi connectivity index (χ0n) is 25.2. The van der Waals surface area contributed by atoms with Crippen LogP contribution in [0.4, 0.5) is 0 Å². The van der Waals surface area contributed by atoms with Crippen LogP contribution in [0.25, 0.3) is 23.0 Å². The Morgan fingerprint density at radius 3 is 1.55 bits per heavy atom. The van der Waals surface area contributed by atoms with Crippen LogP contribution in [0.3, 0.4) is 0 Å². The van der Waals surface area contributed by atoms with E-state index in [1.165, 1.54) is 66.5 Å². The molecule has 0 N–H and O–H groups in total. The molecule has 0 aliphatic rings. The van der Waals surface area contributed by atoms with E-state index < -0.39 is 0 Å². The Hall–Kier alpha value is -4.11. The fourth-order valence-corrected chi connectivity index (χ4v) is 6.80. The van der Waals surface area contributed by atoms with E-state index in [0.29, 0.717) is 0 Å². The molecule has 2 nitrogen and oxygen atoms in total. The van der Waals surface area contributed by atoms with Crippen molar-refractivity contribution in [2.75, 3.05) is 0 Å². The second kappa shape index (κ2) is 10.8. The third-order valence-corrected chi connectivity index (χ3v) is 8.21. The van der Waals surface area contributed by atoms with Crippen LogP contribution in [-0.4, -0.2) is 16.5 Å². The standard InChI is InChI=1S/C37H39BN2/c1-10-31-21-25(4)35(26(5)22-31)34-15-16-39-40(34)33-13-11-32(12-14-33)38(36-27(6)17-23(2)18-28(36)7)37-29(8)19-24(3)20-30(37)9/h10-22H,1H2,2-9H3. The first-order valence-electron chi connectivity index (χ1n) is 14.1. The molecule has 5 rings (SSSR count). The van der Waals surface area contributed by atoms with Gasteiger partial charge in [0.1, 0.15) is 0 Å². The van der Waals surface area contributed by atoms with Crippen LogP contribution >= 0.6 is 0 Å². The van der Waals surface area contributed by atoms with Crippen LogP contribution < -0.4 is 16.4 Å². The van der Waals surface area contributed by atoms with Gasteiger partial charge in [-0.1, -0.05) is 111 Å². The Kier molecular flexibility index (Phi) is 7.42. The molecule has 200 valence electrons. The number of rotatable bonds is 6. The molecule has 1 heterocycles. The monoisotopic (exact) mass is 522 g/mol. The average Bonchev–Trinajstić information content (AvgIpc) is 3.35. The van der Waals surface area contributed by atoms with Crippen LogP contribution in [0.2, 0.25) is 0 Å². The van der Waals surface area contributed by atoms with E-state index in [0.717, 1.165) is 16.9 Å². The van der Waals surface area contributed by atoms with Crippen molar-refractivity contribution in [3.63, 3.8) is 0 Å². The minimum atomic E-state index is 0.156. The van der Waals surface area contributed by atoms with Gasteiger partial charge in [0.25, 0.3) is 0 Å². The minimum absolute atomic E-state index is 0.156. The smallest absolute Gasteiger partial charge is 0.233 e. The van der Waals surface area contributed by atoms with Crippen LogP contribution in [0, 0.1) is 55.4 Å². The molecule has 3 heteroatoms. The third-order valence-electron chi connectivity index (χ3n) is 8.21. The van der Waals surface area contributed by atoms with Crippen molar-refractivity contribution >= 4 is 29.2 Å². The first-order valence-corrected chi connectivity index (χ1v) is 14.1. The van der Waals surface area contributed by atoms with Crippen molar-refractivity contribution in [2.24, 2.45) is 0 Å². The number of hydrogen-bond donors (Lipinski definition) is 0. The van der Waals surface area contributed by atoms with Gasteiger partial charge in [0, 0.05) is 5.56 Å². The number of aromatic nitrogens is 2. The molecular formula is C37H39BN2. The molecule has 0 saturated carbocycles. The van der Waals surface area contributed by atoms with Gasteiger partial charge in [-0.25, -0.2) is 4.68 Å². The van der Waals surface area contributed by atoms with Gasteiger partial charge in [0.15, 0.2) is 0 Å². The fraction of sp³-hybridized carbons (Fsp3) is 0.216. The number of nitrogens with zero attached hydrogens (tertiary/aromatic N) is 2. The highest BCUT2D eigenvalue weighted by atomic mass is 15.3. The van der Waals surface area contributed by atoms with Gasteiger partial charge in [-0.15, -0.1) is 0 Å². The predicted octanol–water partition coefficient (Wildman–Crippen LogP) is 7.17. The summed E-state index contributed by atoms with van der Waals surface area (Å²) in [6.45, 7) is 21.8. The summed E-state index contributed by atoms with van der Waals surface area (Å²) in [6.07, 6.45) is 3.80. The normalized spacial score (nSPS) is 11.1. The highest BCUT2D eigenvalue weighted by molar-refractivity contribution is 6.96. The second-order valence-corrected chi connectivity index (χ2v) is 11.5. The van der Waals surface area contributed by atoms with Crippen LogP contribution in [0.1, 0.15) is 50.1 Å². The van der Waals surface area contributed by atoms with Gasteiger partial charge in [-0.3, -0.25) is 0 Å². The lowest BCUT2D eigenvalue weighted by atomic mass is 9.34. The summed E-state index contributed by atoms with van der Waals surface area (Å²) in [5.74, 6) is 0. The molecule has 0 radical (unpaired) electrons. The summed E-state index contributed by atoms with van der Waals surface area (Å²) in [4.78, 5) is 0. The molecule has 0 atom stereocenters. The predicted molar refractivity (Wildman–Crippen MR) is 175 cm³/mol. The minimum Gasteiger partial charge on any atom is -0.233 e. The highest BCUT2D eigenvalue weighted by Crippen LogP contribution is 2.30. The van der Waals surface area contributed by atoms with E-state index in [-0.39, 0.29) is 6.71 Å². The Morgan fingerprint density at radius 1 is 0.625 bits per heavy atom. The van der Waals surface area contributed by atoms with Crippen molar-refractivity contribution < 1.29 is 0 Å². The van der Waals surface area contributed by atoms with E-state index in [1.807, 2.05) is 12.3 Å². The summed E-state index contributed by atoms with van der Waals surface area (Å²) in [5.41, 5.74) is 19.1. The lowest BCUT2D eigenvalue weighted by Crippen LogP contribution is -2.55. The Morgan fingerprint density at radius 2 is 1.10 bits per heavy atom. The summed E-state index contributed by atoms with van der Waals surface area (Å²) in [6, 6.07) is 24.8. The molecule has 0 saturated heterocycles. The zero-order chi connectivity index (χ0) is 28.7. The van der Waals surface area contributed by atoms with Crippen molar-refractivity contribution in [1.82, 2.24) is 9.78 Å². The molecule has 0 spiro atoms. The number of aryl methyl sites for hydroxylation is 8. The summed E-state index contributed by atoms with van der Waals surface area (Å²) in [5, 5.41) is 4.75. The Balaban J connectivity index is 1.65. The van der Waals surface area contributed by atoms with Gasteiger partial charge in [-0.05, 0) is 90.3 Å². The molecule has 0 bridgehead atoms. The molecule has 0 aliphatic carbocycles. The first-order chi connectivity index (χ1) is 19.1. The molecule has 1 aromatic heterocycles. The summed E-state index contributed by atoms with van der Waals surface area (Å²) < 4.78 is 2.06. The molecular weight excluding hydrogens is 483 g/mol. The Labute approximate surface area is 240 Å². The average molecular weight is 523 g/mol. The third kappa shape index (κ3) is 4.97. The maximum atomic E-state index is 4.75. The van der Waals surface area contributed by atoms with E-state index in [9.17, 15) is 0 Å². The van der Waals surface area contributed by atoms with Crippen molar-refractivity contribution in [1.29, 1.82) is 0 Å². The molecule has 0 aliphatic heterocycles. The molecule has 0 unspecified atom stereocenters. The molecule has 0 fully saturated rings. The number of benzene rings is 4. The number of hydrogen-bond acceptors (Lipinski definition) is 1. The van der Waals surface area contributed by atoms with Gasteiger partial charge >= 0.3 is 0 Å². The maximum Gasteiger partial charge on any atom is 0.242 e. The molecule has 4 aromatic carbocycles. The molecule has 5 aromatic rings. The fourth-order valence-electron chi connectivity index (χ4n) is 6.80. The van der Waals surface area contributed by atoms with E-state index >= 15 is 0 Å². The van der Waals surface area contributed by atoms with E-state index in [1.54, 1.807) is 0 Å². The lowest BCUT2D eigenvalue weighted by Gasteiger charge is -2.25. The van der Waals surface area contributed by atoms with E-state index in [4.69, 9.17) is 5.10 Å². The van der Waals surface area contributed by atoms with Gasteiger partial charge < -0.3 is 0 Å². The van der Waals surface area contributed by atoms with Crippen molar-refractivity contribution in [3.8, 4) is 16.9 Å². The summed E-state index contributed by atoms with van der Waals surface area (Å²) >= 11 is 0. The van der Waals surface area contributed by atoms with Gasteiger partial charge in [0.05, 0.1) is 17.6 Å². The summed E-state index contributed by atoms with van der Waals surface area (Å²) in [7, 11) is 0. The quantitative estimate of drug-likeness (QED) is 0.216. The van der Waals surface area contributed by atoms with E-state index in [2.05, 4.69) is 133 Å². The molecule has 40 heavy (non-hydrogen) atoms. The lowest BCUT2D eigenvalue weighted by molar-refractivity contribution is 0.886. The van der Waals surface area contributed by atoms with Crippen LogP contribution in [0.5, 0.6) is 0 Å². The van der Waals surface area contributed by atoms with Crippen LogP contribution in [0.15, 0.2) is 79.5 Å². The van der Waals surface area contributed by atoms with Crippen molar-refractivity contribution in [2.45, 2.75) is 55.4 Å². The molecule has 0 amide bonds. The van der Waals surface area contributed by atoms with Gasteiger partial charge in [-0.2, -0.15) is 5.10 Å². The maximum absolute atomic E-state index is 4.75. The van der Waals surface area contributed by atoms with Crippen LogP contribution in [-0.2, 0) is 0 Å².